The molecule has 2 aromatic carbocycles. The maximum Gasteiger partial charge on any atom is 0.430 e. The molecule has 2 N–H and O–H groups in total. The molecule has 0 saturated heterocycles. The maximum atomic E-state index is 13.4. The summed E-state index contributed by atoms with van der Waals surface area (Å²) >= 11 is 0. The summed E-state index contributed by atoms with van der Waals surface area (Å²) in [5.74, 6) is 0. The third-order valence-corrected chi connectivity index (χ3v) is 6.31. The van der Waals surface area contributed by atoms with E-state index >= 15 is 0 Å². The second-order valence-corrected chi connectivity index (χ2v) is 8.36. The highest BCUT2D eigenvalue weighted by atomic mass is 19.4. The first-order valence-corrected chi connectivity index (χ1v) is 10.3. The summed E-state index contributed by atoms with van der Waals surface area (Å²) in [5, 5.41) is 19.8. The van der Waals surface area contributed by atoms with Crippen LogP contribution in [0.4, 0.5) is 26.3 Å². The molecule has 0 aliphatic rings. The zero-order chi connectivity index (χ0) is 25.8. The summed E-state index contributed by atoms with van der Waals surface area (Å²) in [6, 6.07) is 10.7. The van der Waals surface area contributed by atoms with E-state index in [-0.39, 0.29) is 17.5 Å². The van der Waals surface area contributed by atoms with Gasteiger partial charge in [-0.15, -0.1) is 0 Å². The Labute approximate surface area is 195 Å². The number of fused-ring (bicyclic) bond motifs is 1. The van der Waals surface area contributed by atoms with Crippen molar-refractivity contribution in [1.29, 1.82) is 0 Å². The lowest BCUT2D eigenvalue weighted by molar-refractivity contribution is -0.376. The number of alkyl halides is 6. The molecule has 0 saturated carbocycles. The number of aromatic nitrogens is 2. The van der Waals surface area contributed by atoms with Crippen LogP contribution in [0.5, 0.6) is 0 Å². The molecule has 2 aromatic heterocycles. The van der Waals surface area contributed by atoms with E-state index in [4.69, 9.17) is 4.42 Å². The molecular weight excluding hydrogens is 478 g/mol. The summed E-state index contributed by atoms with van der Waals surface area (Å²) in [6.45, 7) is 3.07. The van der Waals surface area contributed by atoms with E-state index in [0.29, 0.717) is 34.6 Å². The number of hydrogen-bond acceptors (Lipinski definition) is 4. The quantitative estimate of drug-likeness (QED) is 0.354. The number of aliphatic hydroxyl groups excluding tert-OH is 1. The van der Waals surface area contributed by atoms with Gasteiger partial charge in [0.15, 0.2) is 6.39 Å². The van der Waals surface area contributed by atoms with Crippen molar-refractivity contribution in [1.82, 2.24) is 9.55 Å². The zero-order valence-electron chi connectivity index (χ0n) is 18.4. The van der Waals surface area contributed by atoms with E-state index < -0.39 is 29.1 Å². The van der Waals surface area contributed by atoms with Gasteiger partial charge in [0.1, 0.15) is 17.5 Å². The number of nitrogens with zero attached hydrogens (tertiary/aromatic N) is 2. The predicted molar refractivity (Wildman–Crippen MR) is 113 cm³/mol. The van der Waals surface area contributed by atoms with E-state index in [0.717, 1.165) is 6.07 Å². The maximum absolute atomic E-state index is 13.4. The second kappa shape index (κ2) is 8.13. The molecular formula is C24H20F6N2O3. The Kier molecular flexibility index (Phi) is 5.76. The van der Waals surface area contributed by atoms with Gasteiger partial charge in [0, 0.05) is 22.2 Å². The lowest BCUT2D eigenvalue weighted by Gasteiger charge is -2.35. The number of aryl methyl sites for hydroxylation is 1. The Morgan fingerprint density at radius 2 is 1.63 bits per heavy atom. The lowest BCUT2D eigenvalue weighted by atomic mass is 9.84. The van der Waals surface area contributed by atoms with Gasteiger partial charge >= 0.3 is 12.4 Å². The third kappa shape index (κ3) is 3.61. The van der Waals surface area contributed by atoms with Crippen LogP contribution < -0.4 is 0 Å². The fourth-order valence-corrected chi connectivity index (χ4v) is 4.62. The molecule has 0 bridgehead atoms. The van der Waals surface area contributed by atoms with Crippen molar-refractivity contribution in [2.75, 3.05) is 0 Å². The van der Waals surface area contributed by atoms with Gasteiger partial charge in [-0.2, -0.15) is 26.3 Å². The van der Waals surface area contributed by atoms with Gasteiger partial charge in [-0.3, -0.25) is 0 Å². The molecule has 35 heavy (non-hydrogen) atoms. The largest absolute Gasteiger partial charge is 0.451 e. The van der Waals surface area contributed by atoms with E-state index in [1.165, 1.54) is 18.7 Å². The molecule has 1 unspecified atom stereocenters. The molecule has 11 heteroatoms. The monoisotopic (exact) mass is 498 g/mol. The van der Waals surface area contributed by atoms with E-state index in [9.17, 15) is 36.6 Å². The highest BCUT2D eigenvalue weighted by molar-refractivity contribution is 5.83. The first-order valence-electron chi connectivity index (χ1n) is 10.3. The van der Waals surface area contributed by atoms with Crippen LogP contribution in [0.15, 0.2) is 65.6 Å². The smallest absolute Gasteiger partial charge is 0.430 e. The van der Waals surface area contributed by atoms with Crippen molar-refractivity contribution in [2.45, 2.75) is 43.9 Å². The molecule has 0 aliphatic heterocycles. The fourth-order valence-electron chi connectivity index (χ4n) is 4.62. The average molecular weight is 498 g/mol. The molecule has 0 radical (unpaired) electrons. The Bertz CT molecular complexity index is 1340. The minimum Gasteiger partial charge on any atom is -0.451 e. The summed E-state index contributed by atoms with van der Waals surface area (Å²) in [5.41, 5.74) is -5.24. The predicted octanol–water partition coefficient (Wildman–Crippen LogP) is 5.55. The molecule has 186 valence electrons. The first kappa shape index (κ1) is 24.8. The number of benzene rings is 2. The molecule has 0 amide bonds. The van der Waals surface area contributed by atoms with Crippen molar-refractivity contribution >= 4 is 10.9 Å². The summed E-state index contributed by atoms with van der Waals surface area (Å²) < 4.78 is 87.5. The highest BCUT2D eigenvalue weighted by Gasteiger charge is 2.71. The standard InChI is InChI=1S/C24H20F6N2O3/c1-14-9-16-10-17(22(34,23(25,26)27)24(28,29)30)7-8-19(16)32(14)21(2,20-12-35-13-31-20)18-6-4-3-5-15(18)11-33/h3-10,12-13,33-34H,11H2,1-2H3. The summed E-state index contributed by atoms with van der Waals surface area (Å²) in [4.78, 5) is 4.26. The Balaban J connectivity index is 2.02. The van der Waals surface area contributed by atoms with Crippen molar-refractivity contribution in [3.63, 3.8) is 0 Å². The van der Waals surface area contributed by atoms with Crippen LogP contribution in [0.25, 0.3) is 10.9 Å². The van der Waals surface area contributed by atoms with Gasteiger partial charge in [0.25, 0.3) is 5.60 Å². The molecule has 1 atom stereocenters. The average Bonchev–Trinajstić information content (AvgIpc) is 3.44. The molecule has 4 aromatic rings. The Hall–Kier alpha value is -3.31. The third-order valence-electron chi connectivity index (χ3n) is 6.31. The zero-order valence-corrected chi connectivity index (χ0v) is 18.4. The fraction of sp³-hybridized carbons (Fsp3) is 0.292. The van der Waals surface area contributed by atoms with Crippen LogP contribution >= 0.6 is 0 Å². The minimum absolute atomic E-state index is 0.0446. The molecule has 0 aliphatic carbocycles. The van der Waals surface area contributed by atoms with Gasteiger partial charge in [0.05, 0.1) is 6.61 Å². The minimum atomic E-state index is -5.99. The molecule has 2 heterocycles. The molecule has 4 rings (SSSR count). The van der Waals surface area contributed by atoms with Crippen molar-refractivity contribution < 1.29 is 41.0 Å². The Morgan fingerprint density at radius 1 is 0.971 bits per heavy atom. The normalized spacial score (nSPS) is 14.9. The molecule has 0 spiro atoms. The van der Waals surface area contributed by atoms with Crippen LogP contribution in [0.3, 0.4) is 0 Å². The first-order chi connectivity index (χ1) is 16.3. The summed E-state index contributed by atoms with van der Waals surface area (Å²) in [7, 11) is 0. The van der Waals surface area contributed by atoms with Gasteiger partial charge in [-0.1, -0.05) is 30.3 Å². The molecule has 5 nitrogen and oxygen atoms in total. The lowest BCUT2D eigenvalue weighted by Crippen LogP contribution is -2.53. The number of oxazole rings is 1. The van der Waals surface area contributed by atoms with Gasteiger partial charge in [0.2, 0.25) is 0 Å². The van der Waals surface area contributed by atoms with E-state index in [1.54, 1.807) is 42.7 Å². The van der Waals surface area contributed by atoms with Crippen molar-refractivity contribution in [3.05, 3.63) is 89.3 Å². The number of hydrogen-bond donors (Lipinski definition) is 2. The van der Waals surface area contributed by atoms with Crippen LogP contribution in [-0.2, 0) is 17.7 Å². The number of halogens is 6. The van der Waals surface area contributed by atoms with E-state index in [2.05, 4.69) is 4.98 Å². The second-order valence-electron chi connectivity index (χ2n) is 8.36. The van der Waals surface area contributed by atoms with E-state index in [1.807, 2.05) is 0 Å². The van der Waals surface area contributed by atoms with Gasteiger partial charge in [-0.05, 0) is 43.2 Å². The van der Waals surface area contributed by atoms with Crippen LogP contribution in [-0.4, -0.2) is 32.1 Å². The van der Waals surface area contributed by atoms with Crippen molar-refractivity contribution in [2.24, 2.45) is 0 Å². The van der Waals surface area contributed by atoms with Crippen LogP contribution in [0, 0.1) is 6.92 Å². The topological polar surface area (TPSA) is 71.4 Å². The van der Waals surface area contributed by atoms with Gasteiger partial charge < -0.3 is 19.2 Å². The summed E-state index contributed by atoms with van der Waals surface area (Å²) in [6.07, 6.45) is -9.42. The van der Waals surface area contributed by atoms with Crippen LogP contribution in [0.2, 0.25) is 0 Å². The molecule has 0 fully saturated rings. The van der Waals surface area contributed by atoms with Crippen LogP contribution in [0.1, 0.15) is 35.0 Å². The highest BCUT2D eigenvalue weighted by Crippen LogP contribution is 2.51. The number of rotatable bonds is 5. The Morgan fingerprint density at radius 3 is 2.20 bits per heavy atom. The van der Waals surface area contributed by atoms with Gasteiger partial charge in [-0.25, -0.2) is 4.98 Å². The number of aliphatic hydroxyl groups is 2. The SMILES string of the molecule is Cc1cc2cc(C(O)(C(F)(F)F)C(F)(F)F)ccc2n1C(C)(c1cocn1)c1ccccc1CO. The van der Waals surface area contributed by atoms with Crippen molar-refractivity contribution in [3.8, 4) is 0 Å².